The van der Waals surface area contributed by atoms with Crippen molar-refractivity contribution in [2.45, 2.75) is 31.8 Å². The van der Waals surface area contributed by atoms with Crippen LogP contribution in [0.2, 0.25) is 0 Å². The van der Waals surface area contributed by atoms with Crippen molar-refractivity contribution in [3.05, 3.63) is 29.3 Å². The van der Waals surface area contributed by atoms with Crippen LogP contribution in [0.25, 0.3) is 0 Å². The summed E-state index contributed by atoms with van der Waals surface area (Å²) in [5.41, 5.74) is 7.98. The van der Waals surface area contributed by atoms with Crippen molar-refractivity contribution in [2.75, 3.05) is 5.32 Å². The largest absolute Gasteiger partial charge is 0.478 e. The molecule has 1 aliphatic carbocycles. The number of nitrogens with two attached hydrogens (primary N) is 1. The number of anilines is 1. The van der Waals surface area contributed by atoms with Gasteiger partial charge in [-0.3, -0.25) is 0 Å². The highest BCUT2D eigenvalue weighted by Crippen LogP contribution is 2.25. The summed E-state index contributed by atoms with van der Waals surface area (Å²) in [4.78, 5) is 10.8. The first-order valence-electron chi connectivity index (χ1n) is 5.42. The van der Waals surface area contributed by atoms with Gasteiger partial charge in [0.25, 0.3) is 0 Å². The molecule has 1 aliphatic rings. The van der Waals surface area contributed by atoms with Crippen LogP contribution in [0.1, 0.15) is 28.8 Å². The van der Waals surface area contributed by atoms with Gasteiger partial charge in [0.05, 0.1) is 5.56 Å². The minimum absolute atomic E-state index is 0.292. The van der Waals surface area contributed by atoms with Gasteiger partial charge in [-0.15, -0.1) is 0 Å². The minimum Gasteiger partial charge on any atom is -0.478 e. The van der Waals surface area contributed by atoms with Crippen LogP contribution in [0.5, 0.6) is 0 Å². The van der Waals surface area contributed by atoms with E-state index in [2.05, 4.69) is 5.32 Å². The van der Waals surface area contributed by atoms with Gasteiger partial charge in [-0.25, -0.2) is 4.79 Å². The van der Waals surface area contributed by atoms with Crippen molar-refractivity contribution < 1.29 is 9.90 Å². The summed E-state index contributed by atoms with van der Waals surface area (Å²) >= 11 is 0. The quantitative estimate of drug-likeness (QED) is 0.723. The smallest absolute Gasteiger partial charge is 0.335 e. The zero-order valence-corrected chi connectivity index (χ0v) is 9.23. The first kappa shape index (κ1) is 11.0. The summed E-state index contributed by atoms with van der Waals surface area (Å²) in [5.74, 6) is -0.895. The van der Waals surface area contributed by atoms with Gasteiger partial charge in [0.2, 0.25) is 0 Å². The van der Waals surface area contributed by atoms with E-state index in [1.807, 2.05) is 13.0 Å². The summed E-state index contributed by atoms with van der Waals surface area (Å²) in [6.07, 6.45) is 1.91. The van der Waals surface area contributed by atoms with Crippen LogP contribution < -0.4 is 11.1 Å². The molecular formula is C12H16N2O2. The molecule has 1 aromatic rings. The van der Waals surface area contributed by atoms with Crippen LogP contribution in [-0.4, -0.2) is 23.2 Å². The molecule has 86 valence electrons. The van der Waals surface area contributed by atoms with E-state index in [9.17, 15) is 4.79 Å². The molecule has 4 heteroatoms. The molecule has 2 rings (SSSR count). The lowest BCUT2D eigenvalue weighted by Gasteiger charge is -2.34. The SMILES string of the molecule is Cc1ccc(C(=O)O)cc1NC1CC(N)C1. The van der Waals surface area contributed by atoms with Crippen LogP contribution in [0, 0.1) is 6.92 Å². The number of carbonyl (C=O) groups is 1. The molecule has 0 unspecified atom stereocenters. The zero-order valence-electron chi connectivity index (χ0n) is 9.23. The Balaban J connectivity index is 2.12. The second kappa shape index (κ2) is 4.14. The minimum atomic E-state index is -0.895. The van der Waals surface area contributed by atoms with Gasteiger partial charge in [-0.2, -0.15) is 0 Å². The Morgan fingerprint density at radius 2 is 2.19 bits per heavy atom. The molecule has 0 spiro atoms. The highest BCUT2D eigenvalue weighted by Gasteiger charge is 2.25. The Morgan fingerprint density at radius 1 is 1.50 bits per heavy atom. The van der Waals surface area contributed by atoms with Crippen molar-refractivity contribution >= 4 is 11.7 Å². The van der Waals surface area contributed by atoms with Crippen LogP contribution >= 0.6 is 0 Å². The van der Waals surface area contributed by atoms with Crippen molar-refractivity contribution in [2.24, 2.45) is 5.73 Å². The van der Waals surface area contributed by atoms with E-state index in [1.165, 1.54) is 0 Å². The van der Waals surface area contributed by atoms with E-state index in [4.69, 9.17) is 10.8 Å². The number of carboxylic acids is 1. The maximum Gasteiger partial charge on any atom is 0.335 e. The number of nitrogens with one attached hydrogen (secondary N) is 1. The van der Waals surface area contributed by atoms with Crippen LogP contribution in [0.4, 0.5) is 5.69 Å². The van der Waals surface area contributed by atoms with E-state index in [0.29, 0.717) is 17.6 Å². The molecule has 0 aromatic heterocycles. The van der Waals surface area contributed by atoms with Crippen molar-refractivity contribution in [1.29, 1.82) is 0 Å². The van der Waals surface area contributed by atoms with Gasteiger partial charge < -0.3 is 16.2 Å². The number of hydrogen-bond donors (Lipinski definition) is 3. The summed E-state index contributed by atoms with van der Waals surface area (Å²) in [5, 5.41) is 12.2. The van der Waals surface area contributed by atoms with Gasteiger partial charge in [0.15, 0.2) is 0 Å². The van der Waals surface area contributed by atoms with E-state index < -0.39 is 5.97 Å². The molecule has 0 bridgehead atoms. The number of benzene rings is 1. The molecule has 4 N–H and O–H groups in total. The van der Waals surface area contributed by atoms with Crippen molar-refractivity contribution in [1.82, 2.24) is 0 Å². The lowest BCUT2D eigenvalue weighted by molar-refractivity contribution is 0.0697. The average molecular weight is 220 g/mol. The van der Waals surface area contributed by atoms with Gasteiger partial charge in [-0.1, -0.05) is 6.07 Å². The fourth-order valence-corrected chi connectivity index (χ4v) is 1.91. The molecule has 1 aromatic carbocycles. The Bertz CT molecular complexity index is 411. The summed E-state index contributed by atoms with van der Waals surface area (Å²) in [6, 6.07) is 5.81. The van der Waals surface area contributed by atoms with Gasteiger partial charge in [0, 0.05) is 17.8 Å². The maximum absolute atomic E-state index is 10.8. The second-order valence-electron chi connectivity index (χ2n) is 4.41. The summed E-state index contributed by atoms with van der Waals surface area (Å²) in [7, 11) is 0. The third kappa shape index (κ3) is 2.17. The standard InChI is InChI=1S/C12H16N2O2/c1-7-2-3-8(12(15)16)4-11(7)14-10-5-9(13)6-10/h2-4,9-10,14H,5-6,13H2,1H3,(H,15,16). The molecule has 0 saturated heterocycles. The number of aryl methyl sites for hydroxylation is 1. The molecule has 0 atom stereocenters. The second-order valence-corrected chi connectivity index (χ2v) is 4.41. The van der Waals surface area contributed by atoms with E-state index in [1.54, 1.807) is 12.1 Å². The highest BCUT2D eigenvalue weighted by molar-refractivity contribution is 5.89. The van der Waals surface area contributed by atoms with Crippen LogP contribution in [0.15, 0.2) is 18.2 Å². The van der Waals surface area contributed by atoms with Crippen LogP contribution in [0.3, 0.4) is 0 Å². The number of carboxylic acid groups (broad SMARTS) is 1. The number of rotatable bonds is 3. The van der Waals surface area contributed by atoms with Crippen molar-refractivity contribution in [3.8, 4) is 0 Å². The zero-order chi connectivity index (χ0) is 11.7. The Morgan fingerprint density at radius 3 is 2.75 bits per heavy atom. The maximum atomic E-state index is 10.8. The van der Waals surface area contributed by atoms with E-state index in [0.717, 1.165) is 24.1 Å². The third-order valence-electron chi connectivity index (χ3n) is 3.02. The normalized spacial score (nSPS) is 23.6. The predicted octanol–water partition coefficient (Wildman–Crippen LogP) is 1.59. The first-order valence-corrected chi connectivity index (χ1v) is 5.42. The number of hydrogen-bond acceptors (Lipinski definition) is 3. The molecule has 0 heterocycles. The lowest BCUT2D eigenvalue weighted by atomic mass is 9.87. The molecule has 1 fully saturated rings. The third-order valence-corrected chi connectivity index (χ3v) is 3.02. The predicted molar refractivity (Wildman–Crippen MR) is 62.8 cm³/mol. The molecule has 0 aliphatic heterocycles. The fourth-order valence-electron chi connectivity index (χ4n) is 1.91. The molecule has 0 radical (unpaired) electrons. The summed E-state index contributed by atoms with van der Waals surface area (Å²) < 4.78 is 0. The molecular weight excluding hydrogens is 204 g/mol. The topological polar surface area (TPSA) is 75.3 Å². The summed E-state index contributed by atoms with van der Waals surface area (Å²) in [6.45, 7) is 1.96. The first-order chi connectivity index (χ1) is 7.56. The molecule has 16 heavy (non-hydrogen) atoms. The van der Waals surface area contributed by atoms with Gasteiger partial charge in [0.1, 0.15) is 0 Å². The Hall–Kier alpha value is -1.55. The molecule has 1 saturated carbocycles. The van der Waals surface area contributed by atoms with Gasteiger partial charge in [-0.05, 0) is 37.5 Å². The van der Waals surface area contributed by atoms with Crippen LogP contribution in [-0.2, 0) is 0 Å². The fraction of sp³-hybridized carbons (Fsp3) is 0.417. The molecule has 4 nitrogen and oxygen atoms in total. The Kier molecular flexibility index (Phi) is 2.83. The molecule has 0 amide bonds. The van der Waals surface area contributed by atoms with E-state index in [-0.39, 0.29) is 0 Å². The van der Waals surface area contributed by atoms with E-state index >= 15 is 0 Å². The lowest BCUT2D eigenvalue weighted by Crippen LogP contribution is -2.44. The Labute approximate surface area is 94.5 Å². The average Bonchev–Trinajstić information content (AvgIpc) is 2.18. The monoisotopic (exact) mass is 220 g/mol. The van der Waals surface area contributed by atoms with Crippen molar-refractivity contribution in [3.63, 3.8) is 0 Å². The highest BCUT2D eigenvalue weighted by atomic mass is 16.4. The van der Waals surface area contributed by atoms with Gasteiger partial charge >= 0.3 is 5.97 Å². The number of aromatic carboxylic acids is 1.